The number of thioether (sulfide) groups is 1. The van der Waals surface area contributed by atoms with E-state index >= 15 is 0 Å². The second kappa shape index (κ2) is 5.14. The van der Waals surface area contributed by atoms with Gasteiger partial charge in [-0.15, -0.1) is 23.4 Å². The van der Waals surface area contributed by atoms with Crippen LogP contribution in [0.2, 0.25) is 0 Å². The number of rotatable bonds is 3. The third-order valence-corrected chi connectivity index (χ3v) is 2.46. The molecule has 0 aliphatic heterocycles. The highest BCUT2D eigenvalue weighted by Gasteiger charge is 1.93. The lowest BCUT2D eigenvalue weighted by Gasteiger charge is -1.98. The van der Waals surface area contributed by atoms with Gasteiger partial charge < -0.3 is 5.73 Å². The van der Waals surface area contributed by atoms with Crippen molar-refractivity contribution in [1.82, 2.24) is 0 Å². The van der Waals surface area contributed by atoms with Gasteiger partial charge >= 0.3 is 0 Å². The van der Waals surface area contributed by atoms with Crippen LogP contribution in [0.1, 0.15) is 0 Å². The fraction of sp³-hybridized carbons (Fsp3) is 0.222. The lowest BCUT2D eigenvalue weighted by atomic mass is 10.3. The van der Waals surface area contributed by atoms with Gasteiger partial charge in [-0.05, 0) is 24.5 Å². The molecule has 0 bridgehead atoms. The van der Waals surface area contributed by atoms with E-state index in [0.29, 0.717) is 5.84 Å². The fourth-order valence-electron chi connectivity index (χ4n) is 0.876. The maximum Gasteiger partial charge on any atom is 0.115 e. The molecule has 2 nitrogen and oxygen atoms in total. The molecular formula is C9H11ClN2S. The van der Waals surface area contributed by atoms with E-state index in [1.165, 1.54) is 4.90 Å². The second-order valence-electron chi connectivity index (χ2n) is 2.44. The molecule has 0 atom stereocenters. The quantitative estimate of drug-likeness (QED) is 0.364. The van der Waals surface area contributed by atoms with Gasteiger partial charge in [0.15, 0.2) is 0 Å². The van der Waals surface area contributed by atoms with Crippen molar-refractivity contribution in [2.45, 2.75) is 4.90 Å². The van der Waals surface area contributed by atoms with Gasteiger partial charge in [-0.2, -0.15) is 0 Å². The highest BCUT2D eigenvalue weighted by Crippen LogP contribution is 2.20. The van der Waals surface area contributed by atoms with Crippen molar-refractivity contribution in [3.05, 3.63) is 24.3 Å². The summed E-state index contributed by atoms with van der Waals surface area (Å²) in [7, 11) is 0. The van der Waals surface area contributed by atoms with Crippen LogP contribution in [-0.2, 0) is 0 Å². The number of hydrogen-bond donors (Lipinski definition) is 1. The van der Waals surface area contributed by atoms with Crippen molar-refractivity contribution in [3.63, 3.8) is 0 Å². The number of alkyl halides is 1. The van der Waals surface area contributed by atoms with Crippen molar-refractivity contribution in [2.75, 3.05) is 12.1 Å². The van der Waals surface area contributed by atoms with Crippen molar-refractivity contribution in [1.29, 1.82) is 0 Å². The Bertz CT molecular complexity index is 312. The minimum atomic E-state index is 0.267. The van der Waals surface area contributed by atoms with Gasteiger partial charge in [-0.25, -0.2) is 4.99 Å². The molecule has 0 amide bonds. The standard InChI is InChI=1S/C9H11ClN2S/c1-13-8-4-2-3-7(5-8)12-9(11)6-10/h2-5H,6H2,1H3,(H2,11,12). The molecule has 1 aromatic rings. The van der Waals surface area contributed by atoms with Gasteiger partial charge in [0, 0.05) is 4.90 Å². The highest BCUT2D eigenvalue weighted by atomic mass is 35.5. The molecule has 0 aromatic heterocycles. The van der Waals surface area contributed by atoms with E-state index in [1.54, 1.807) is 11.8 Å². The number of halogens is 1. The Balaban J connectivity index is 2.89. The van der Waals surface area contributed by atoms with Gasteiger partial charge in [0.2, 0.25) is 0 Å². The van der Waals surface area contributed by atoms with E-state index in [2.05, 4.69) is 4.99 Å². The predicted molar refractivity (Wildman–Crippen MR) is 60.2 cm³/mol. The summed E-state index contributed by atoms with van der Waals surface area (Å²) in [6.45, 7) is 0. The molecule has 2 N–H and O–H groups in total. The molecule has 4 heteroatoms. The Morgan fingerprint density at radius 1 is 1.62 bits per heavy atom. The predicted octanol–water partition coefficient (Wildman–Crippen LogP) is 2.64. The Kier molecular flexibility index (Phi) is 4.12. The molecule has 0 aliphatic rings. The molecule has 0 unspecified atom stereocenters. The van der Waals surface area contributed by atoms with Crippen LogP contribution in [0.3, 0.4) is 0 Å². The van der Waals surface area contributed by atoms with Crippen molar-refractivity contribution in [3.8, 4) is 0 Å². The highest BCUT2D eigenvalue weighted by molar-refractivity contribution is 7.98. The van der Waals surface area contributed by atoms with Gasteiger partial charge in [0.1, 0.15) is 5.84 Å². The Hall–Kier alpha value is -0.670. The molecule has 0 heterocycles. The lowest BCUT2D eigenvalue weighted by Crippen LogP contribution is -2.12. The topological polar surface area (TPSA) is 38.4 Å². The second-order valence-corrected chi connectivity index (χ2v) is 3.59. The number of nitrogens with two attached hydrogens (primary N) is 1. The lowest BCUT2D eigenvalue weighted by molar-refractivity contribution is 1.39. The molecule has 0 radical (unpaired) electrons. The van der Waals surface area contributed by atoms with E-state index in [-0.39, 0.29) is 5.88 Å². The smallest absolute Gasteiger partial charge is 0.115 e. The van der Waals surface area contributed by atoms with Gasteiger partial charge in [-0.3, -0.25) is 0 Å². The van der Waals surface area contributed by atoms with E-state index in [0.717, 1.165) is 5.69 Å². The van der Waals surface area contributed by atoms with Crippen LogP contribution >= 0.6 is 23.4 Å². The van der Waals surface area contributed by atoms with E-state index in [4.69, 9.17) is 17.3 Å². The first-order valence-corrected chi connectivity index (χ1v) is 5.55. The fourth-order valence-corrected chi connectivity index (χ4v) is 1.39. The summed E-state index contributed by atoms with van der Waals surface area (Å²) in [6.07, 6.45) is 2.02. The zero-order chi connectivity index (χ0) is 9.68. The summed E-state index contributed by atoms with van der Waals surface area (Å²) in [5.74, 6) is 0.712. The molecular weight excluding hydrogens is 204 g/mol. The first-order chi connectivity index (χ1) is 6.26. The van der Waals surface area contributed by atoms with E-state index < -0.39 is 0 Å². The average molecular weight is 215 g/mol. The largest absolute Gasteiger partial charge is 0.386 e. The van der Waals surface area contributed by atoms with Crippen LogP contribution < -0.4 is 5.73 Å². The number of benzene rings is 1. The maximum atomic E-state index is 5.51. The molecule has 0 spiro atoms. The summed E-state index contributed by atoms with van der Waals surface area (Å²) >= 11 is 7.19. The number of amidine groups is 1. The number of nitrogens with zero attached hydrogens (tertiary/aromatic N) is 1. The van der Waals surface area contributed by atoms with Crippen molar-refractivity contribution < 1.29 is 0 Å². The molecule has 13 heavy (non-hydrogen) atoms. The minimum absolute atomic E-state index is 0.267. The molecule has 0 aliphatic carbocycles. The molecule has 70 valence electrons. The van der Waals surface area contributed by atoms with Gasteiger partial charge in [-0.1, -0.05) is 6.07 Å². The van der Waals surface area contributed by atoms with Crippen molar-refractivity contribution in [2.24, 2.45) is 10.7 Å². The zero-order valence-electron chi connectivity index (χ0n) is 7.33. The third-order valence-electron chi connectivity index (χ3n) is 1.46. The van der Waals surface area contributed by atoms with E-state index in [1.807, 2.05) is 30.5 Å². The Labute approximate surface area is 87.2 Å². The van der Waals surface area contributed by atoms with Crippen LogP contribution in [0.4, 0.5) is 5.69 Å². The van der Waals surface area contributed by atoms with Gasteiger partial charge in [0.05, 0.1) is 11.6 Å². The van der Waals surface area contributed by atoms with Gasteiger partial charge in [0.25, 0.3) is 0 Å². The maximum absolute atomic E-state index is 5.51. The first kappa shape index (κ1) is 10.4. The molecule has 1 rings (SSSR count). The molecule has 1 aromatic carbocycles. The van der Waals surface area contributed by atoms with E-state index in [9.17, 15) is 0 Å². The van der Waals surface area contributed by atoms with Crippen molar-refractivity contribution >= 4 is 34.9 Å². The average Bonchev–Trinajstić information content (AvgIpc) is 2.18. The molecule has 0 saturated carbocycles. The summed E-state index contributed by atoms with van der Waals surface area (Å²) in [4.78, 5) is 5.31. The summed E-state index contributed by atoms with van der Waals surface area (Å²) in [5, 5.41) is 0. The van der Waals surface area contributed by atoms with Crippen LogP contribution in [0, 0.1) is 0 Å². The molecule has 0 fully saturated rings. The summed E-state index contributed by atoms with van der Waals surface area (Å²) in [5.41, 5.74) is 6.36. The Morgan fingerprint density at radius 2 is 2.38 bits per heavy atom. The summed E-state index contributed by atoms with van der Waals surface area (Å²) < 4.78 is 0. The van der Waals surface area contributed by atoms with Crippen LogP contribution in [0.25, 0.3) is 0 Å². The third kappa shape index (κ3) is 3.28. The van der Waals surface area contributed by atoms with Crippen LogP contribution in [0.5, 0.6) is 0 Å². The van der Waals surface area contributed by atoms with Crippen LogP contribution in [-0.4, -0.2) is 18.0 Å². The monoisotopic (exact) mass is 214 g/mol. The minimum Gasteiger partial charge on any atom is -0.386 e. The zero-order valence-corrected chi connectivity index (χ0v) is 8.90. The number of hydrogen-bond acceptors (Lipinski definition) is 2. The Morgan fingerprint density at radius 3 is 3.00 bits per heavy atom. The van der Waals surface area contributed by atoms with Crippen LogP contribution in [0.15, 0.2) is 34.2 Å². The number of aliphatic imine (C=N–C) groups is 1. The first-order valence-electron chi connectivity index (χ1n) is 3.79. The summed E-state index contributed by atoms with van der Waals surface area (Å²) in [6, 6.07) is 7.86. The molecule has 0 saturated heterocycles. The SMILES string of the molecule is CSc1cccc(N=C(N)CCl)c1. The normalized spacial score (nSPS) is 11.7.